The number of aromatic hydroxyl groups is 1. The highest BCUT2D eigenvalue weighted by Gasteiger charge is 2.11. The predicted octanol–water partition coefficient (Wildman–Crippen LogP) is 3.50. The molecular weight excluding hydrogens is 350 g/mol. The largest absolute Gasteiger partial charge is 0.508 e. The second kappa shape index (κ2) is 6.91. The third kappa shape index (κ3) is 4.20. The van der Waals surface area contributed by atoms with Gasteiger partial charge in [0, 0.05) is 10.5 Å². The van der Waals surface area contributed by atoms with Gasteiger partial charge in [-0.3, -0.25) is 4.79 Å². The normalized spacial score (nSPS) is 10.6. The van der Waals surface area contributed by atoms with Crippen LogP contribution in [0.1, 0.15) is 15.9 Å². The molecule has 0 aliphatic rings. The molecule has 5 nitrogen and oxygen atoms in total. The van der Waals surface area contributed by atoms with Crippen molar-refractivity contribution >= 4 is 39.6 Å². The number of carboxylic acids is 1. The van der Waals surface area contributed by atoms with E-state index < -0.39 is 11.9 Å². The lowest BCUT2D eigenvalue weighted by Gasteiger charge is -2.07. The van der Waals surface area contributed by atoms with Gasteiger partial charge in [-0.25, -0.2) is 4.79 Å². The number of rotatable bonds is 4. The van der Waals surface area contributed by atoms with Gasteiger partial charge in [0.15, 0.2) is 0 Å². The lowest BCUT2D eigenvalue weighted by Crippen LogP contribution is -2.12. The molecule has 1 amide bonds. The zero-order valence-electron chi connectivity index (χ0n) is 11.3. The minimum Gasteiger partial charge on any atom is -0.508 e. The summed E-state index contributed by atoms with van der Waals surface area (Å²) in [6, 6.07) is 10.9. The Hall–Kier alpha value is -2.60. The van der Waals surface area contributed by atoms with Crippen LogP contribution in [0, 0.1) is 0 Å². The van der Waals surface area contributed by atoms with Crippen LogP contribution in [0.5, 0.6) is 5.75 Å². The van der Waals surface area contributed by atoms with Gasteiger partial charge in [0.25, 0.3) is 0 Å². The summed E-state index contributed by atoms with van der Waals surface area (Å²) < 4.78 is 0.613. The van der Waals surface area contributed by atoms with E-state index in [0.717, 1.165) is 5.56 Å². The lowest BCUT2D eigenvalue weighted by molar-refractivity contribution is -0.111. The Morgan fingerprint density at radius 1 is 1.09 bits per heavy atom. The van der Waals surface area contributed by atoms with Crippen molar-refractivity contribution in [2.45, 2.75) is 0 Å². The van der Waals surface area contributed by atoms with E-state index in [2.05, 4.69) is 21.2 Å². The summed E-state index contributed by atoms with van der Waals surface area (Å²) in [4.78, 5) is 23.0. The van der Waals surface area contributed by atoms with E-state index in [1.54, 1.807) is 24.3 Å². The summed E-state index contributed by atoms with van der Waals surface area (Å²) in [6.45, 7) is 0. The zero-order valence-corrected chi connectivity index (χ0v) is 12.9. The van der Waals surface area contributed by atoms with Gasteiger partial charge in [0.2, 0.25) is 5.91 Å². The van der Waals surface area contributed by atoms with Crippen LogP contribution in [0.25, 0.3) is 6.08 Å². The number of carbonyl (C=O) groups excluding carboxylic acids is 1. The van der Waals surface area contributed by atoms with E-state index in [9.17, 15) is 14.7 Å². The van der Waals surface area contributed by atoms with Gasteiger partial charge in [0.05, 0.1) is 11.3 Å². The second-order valence-electron chi connectivity index (χ2n) is 4.41. The Bertz CT molecular complexity index is 738. The minimum absolute atomic E-state index is 0.000702. The van der Waals surface area contributed by atoms with Crippen LogP contribution in [-0.4, -0.2) is 22.1 Å². The number of carbonyl (C=O) groups is 2. The zero-order chi connectivity index (χ0) is 16.1. The highest BCUT2D eigenvalue weighted by Crippen LogP contribution is 2.21. The molecule has 0 bridgehead atoms. The molecule has 0 aliphatic heterocycles. The van der Waals surface area contributed by atoms with Crippen molar-refractivity contribution in [3.05, 3.63) is 64.1 Å². The average molecular weight is 362 g/mol. The van der Waals surface area contributed by atoms with Crippen LogP contribution in [0.4, 0.5) is 5.69 Å². The molecular formula is C16H12BrNO4. The van der Waals surface area contributed by atoms with E-state index in [-0.39, 0.29) is 17.0 Å². The molecule has 6 heteroatoms. The van der Waals surface area contributed by atoms with Crippen LogP contribution in [0.2, 0.25) is 0 Å². The van der Waals surface area contributed by atoms with Crippen LogP contribution in [0.3, 0.4) is 0 Å². The number of amides is 1. The molecule has 0 saturated heterocycles. The van der Waals surface area contributed by atoms with Gasteiger partial charge in [-0.2, -0.15) is 0 Å². The predicted molar refractivity (Wildman–Crippen MR) is 86.9 cm³/mol. The van der Waals surface area contributed by atoms with E-state index in [1.165, 1.54) is 30.3 Å². The molecule has 0 atom stereocenters. The summed E-state index contributed by atoms with van der Waals surface area (Å²) in [6.07, 6.45) is 2.86. The maximum absolute atomic E-state index is 11.9. The van der Waals surface area contributed by atoms with E-state index in [0.29, 0.717) is 4.47 Å². The van der Waals surface area contributed by atoms with Crippen molar-refractivity contribution in [2.75, 3.05) is 5.32 Å². The number of hydrogen-bond donors (Lipinski definition) is 3. The summed E-state index contributed by atoms with van der Waals surface area (Å²) >= 11 is 3.19. The summed E-state index contributed by atoms with van der Waals surface area (Å²) in [5, 5.41) is 20.8. The van der Waals surface area contributed by atoms with Gasteiger partial charge < -0.3 is 15.5 Å². The third-order valence-electron chi connectivity index (χ3n) is 2.79. The van der Waals surface area contributed by atoms with E-state index in [1.807, 2.05) is 0 Å². The highest BCUT2D eigenvalue weighted by molar-refractivity contribution is 9.10. The van der Waals surface area contributed by atoms with Crippen LogP contribution in [0.15, 0.2) is 53.0 Å². The number of aromatic carboxylic acids is 1. The summed E-state index contributed by atoms with van der Waals surface area (Å²) in [5.74, 6) is -1.43. The molecule has 2 aromatic rings. The van der Waals surface area contributed by atoms with E-state index >= 15 is 0 Å². The fourth-order valence-electron chi connectivity index (χ4n) is 1.73. The Morgan fingerprint density at radius 2 is 1.77 bits per heavy atom. The fourth-order valence-corrected chi connectivity index (χ4v) is 2.10. The average Bonchev–Trinajstić information content (AvgIpc) is 2.48. The SMILES string of the molecule is O=C(/C=C/c1ccc(O)cc1)Nc1ccc(Br)cc1C(=O)O. The maximum atomic E-state index is 11.9. The molecule has 0 fully saturated rings. The highest BCUT2D eigenvalue weighted by atomic mass is 79.9. The number of phenolic OH excluding ortho intramolecular Hbond substituents is 1. The van der Waals surface area contributed by atoms with E-state index in [4.69, 9.17) is 5.11 Å². The standard InChI is InChI=1S/C16H12BrNO4/c17-11-4-7-14(13(9-11)16(21)22)18-15(20)8-3-10-1-5-12(19)6-2-10/h1-9,19H,(H,18,20)(H,21,22)/b8-3+. The fraction of sp³-hybridized carbons (Fsp3) is 0. The number of hydrogen-bond acceptors (Lipinski definition) is 3. The molecule has 0 saturated carbocycles. The van der Waals surface area contributed by atoms with Crippen molar-refractivity contribution in [1.29, 1.82) is 0 Å². The van der Waals surface area contributed by atoms with Crippen molar-refractivity contribution in [3.63, 3.8) is 0 Å². The molecule has 22 heavy (non-hydrogen) atoms. The van der Waals surface area contributed by atoms with Gasteiger partial charge in [-0.1, -0.05) is 28.1 Å². The topological polar surface area (TPSA) is 86.6 Å². The molecule has 0 spiro atoms. The number of carboxylic acid groups (broad SMARTS) is 1. The smallest absolute Gasteiger partial charge is 0.337 e. The summed E-state index contributed by atoms with van der Waals surface area (Å²) in [5.41, 5.74) is 0.957. The summed E-state index contributed by atoms with van der Waals surface area (Å²) in [7, 11) is 0. The van der Waals surface area contributed by atoms with Crippen LogP contribution >= 0.6 is 15.9 Å². The van der Waals surface area contributed by atoms with Gasteiger partial charge >= 0.3 is 5.97 Å². The Morgan fingerprint density at radius 3 is 2.41 bits per heavy atom. The van der Waals surface area contributed by atoms with Crippen molar-refractivity contribution in [3.8, 4) is 5.75 Å². The number of anilines is 1. The molecule has 0 unspecified atom stereocenters. The first-order valence-electron chi connectivity index (χ1n) is 6.26. The van der Waals surface area contributed by atoms with Gasteiger partial charge in [-0.15, -0.1) is 0 Å². The number of halogens is 1. The Kier molecular flexibility index (Phi) is 4.95. The van der Waals surface area contributed by atoms with Crippen LogP contribution < -0.4 is 5.32 Å². The quantitative estimate of drug-likeness (QED) is 0.727. The number of phenols is 1. The molecule has 0 aromatic heterocycles. The molecule has 0 heterocycles. The Balaban J connectivity index is 2.12. The first-order chi connectivity index (χ1) is 10.5. The third-order valence-corrected chi connectivity index (χ3v) is 3.28. The maximum Gasteiger partial charge on any atom is 0.337 e. The molecule has 3 N–H and O–H groups in total. The van der Waals surface area contributed by atoms with Crippen molar-refractivity contribution in [1.82, 2.24) is 0 Å². The molecule has 2 rings (SSSR count). The minimum atomic E-state index is -1.13. The van der Waals surface area contributed by atoms with Gasteiger partial charge in [0.1, 0.15) is 5.75 Å². The first kappa shape index (κ1) is 15.8. The lowest BCUT2D eigenvalue weighted by atomic mass is 10.1. The molecule has 0 aliphatic carbocycles. The van der Waals surface area contributed by atoms with Crippen LogP contribution in [-0.2, 0) is 4.79 Å². The molecule has 2 aromatic carbocycles. The van der Waals surface area contributed by atoms with Crippen molar-refractivity contribution < 1.29 is 19.8 Å². The molecule has 0 radical (unpaired) electrons. The van der Waals surface area contributed by atoms with Gasteiger partial charge in [-0.05, 0) is 42.0 Å². The number of benzene rings is 2. The first-order valence-corrected chi connectivity index (χ1v) is 7.06. The monoisotopic (exact) mass is 361 g/mol. The Labute approximate surface area is 135 Å². The molecule has 112 valence electrons. The number of nitrogens with one attached hydrogen (secondary N) is 1. The van der Waals surface area contributed by atoms with Crippen molar-refractivity contribution in [2.24, 2.45) is 0 Å². The second-order valence-corrected chi connectivity index (χ2v) is 5.32.